The molecule has 256 valence electrons. The summed E-state index contributed by atoms with van der Waals surface area (Å²) in [6.07, 6.45) is -4.08. The van der Waals surface area contributed by atoms with Gasteiger partial charge in [0, 0.05) is 37.3 Å². The molecule has 0 fully saturated rings. The number of carbonyl (C=O) groups is 1. The summed E-state index contributed by atoms with van der Waals surface area (Å²) in [4.78, 5) is 30.8. The molecular weight excluding hydrogens is 637 g/mol. The number of nitrogens with zero attached hydrogens (tertiary/aromatic N) is 3. The second kappa shape index (κ2) is 15.2. The molecule has 10 heteroatoms. The lowest BCUT2D eigenvalue weighted by Gasteiger charge is -2.23. The first-order valence-electron chi connectivity index (χ1n) is 16.2. The smallest absolute Gasteiger partial charge is 0.340 e. The summed E-state index contributed by atoms with van der Waals surface area (Å²) in [7, 11) is 1.67. The summed E-state index contributed by atoms with van der Waals surface area (Å²) in [6, 6.07) is 23.3. The molecule has 0 radical (unpaired) electrons. The number of carbonyl (C=O) groups excluding carboxylic acids is 1. The summed E-state index contributed by atoms with van der Waals surface area (Å²) in [5, 5.41) is 0.457. The first-order valence-corrected chi connectivity index (χ1v) is 16.2. The molecule has 5 nitrogen and oxygen atoms in total. The second-order valence-electron chi connectivity index (χ2n) is 12.1. The molecule has 1 aromatic heterocycles. The highest BCUT2D eigenvalue weighted by molar-refractivity contribution is 5.83. The average molecular weight is 676 g/mol. The van der Waals surface area contributed by atoms with Crippen LogP contribution in [0.15, 0.2) is 95.8 Å². The van der Waals surface area contributed by atoms with Gasteiger partial charge in [-0.15, -0.1) is 0 Å². The predicted octanol–water partition coefficient (Wildman–Crippen LogP) is 8.25. The highest BCUT2D eigenvalue weighted by atomic mass is 19.4. The molecule has 1 heterocycles. The van der Waals surface area contributed by atoms with Crippen molar-refractivity contribution in [3.8, 4) is 11.1 Å². The zero-order valence-corrected chi connectivity index (χ0v) is 27.7. The number of hydrogen-bond donors (Lipinski definition) is 0. The molecule has 0 saturated carbocycles. The molecule has 0 unspecified atom stereocenters. The number of alkyl halides is 3. The summed E-state index contributed by atoms with van der Waals surface area (Å²) >= 11 is 0. The number of pyridine rings is 1. The van der Waals surface area contributed by atoms with Gasteiger partial charge in [-0.25, -0.2) is 8.78 Å². The Kier molecular flexibility index (Phi) is 11.0. The lowest BCUT2D eigenvalue weighted by molar-refractivity contribution is -0.137. The van der Waals surface area contributed by atoms with E-state index in [0.29, 0.717) is 28.7 Å². The summed E-state index contributed by atoms with van der Waals surface area (Å²) < 4.78 is 69.2. The minimum Gasteiger partial charge on any atom is -0.340 e. The Morgan fingerprint density at radius 2 is 1.41 bits per heavy atom. The lowest BCUT2D eigenvalue weighted by atomic mass is 10.0. The molecule has 5 rings (SSSR count). The van der Waals surface area contributed by atoms with Crippen molar-refractivity contribution < 1.29 is 26.7 Å². The fourth-order valence-corrected chi connectivity index (χ4v) is 5.94. The van der Waals surface area contributed by atoms with Gasteiger partial charge in [-0.05, 0) is 84.1 Å². The normalized spacial score (nSPS) is 11.8. The van der Waals surface area contributed by atoms with Gasteiger partial charge in [0.25, 0.3) is 0 Å². The number of amides is 1. The van der Waals surface area contributed by atoms with Gasteiger partial charge in [0.2, 0.25) is 5.91 Å². The Hall–Kier alpha value is -4.83. The maximum absolute atomic E-state index is 14.5. The quantitative estimate of drug-likeness (QED) is 0.125. The number of fused-ring (bicyclic) bond motifs is 1. The summed E-state index contributed by atoms with van der Waals surface area (Å²) in [6.45, 7) is 6.66. The molecule has 0 bridgehead atoms. The van der Waals surface area contributed by atoms with E-state index in [0.717, 1.165) is 48.0 Å². The number of halogens is 5. The second-order valence-corrected chi connectivity index (χ2v) is 12.1. The maximum Gasteiger partial charge on any atom is 0.416 e. The molecule has 0 atom stereocenters. The van der Waals surface area contributed by atoms with E-state index in [2.05, 4.69) is 18.7 Å². The number of benzene rings is 4. The Balaban J connectivity index is 1.41. The van der Waals surface area contributed by atoms with Crippen LogP contribution < -0.4 is 5.43 Å². The van der Waals surface area contributed by atoms with Crippen LogP contribution in [0.1, 0.15) is 41.8 Å². The van der Waals surface area contributed by atoms with E-state index in [1.165, 1.54) is 30.3 Å². The number of rotatable bonds is 12. The van der Waals surface area contributed by atoms with Crippen molar-refractivity contribution >= 4 is 16.8 Å². The zero-order chi connectivity index (χ0) is 35.3. The molecule has 0 aliphatic rings. The van der Waals surface area contributed by atoms with Crippen molar-refractivity contribution in [3.05, 3.63) is 141 Å². The first-order chi connectivity index (χ1) is 23.4. The van der Waals surface area contributed by atoms with Crippen LogP contribution >= 0.6 is 0 Å². The SMILES string of the molecule is CCN(CC)Cc1ccc2c(=O)cc(CCc3cccc(F)c3F)n(CC(=O)N(C)Cc3ccc(-c4ccc(C(F)(F)F)cc4)cc3)c2c1. The standard InChI is InChI=1S/C39H38F5N3O2/c1-4-46(5-2)24-27-11-20-33-35(21-27)47(32(22-36(33)48)19-16-30-7-6-8-34(40)38(30)41)25-37(49)45(3)23-26-9-12-28(13-10-26)29-14-17-31(18-15-29)39(42,43)44/h6-15,17-18,20-22H,4-5,16,19,23-25H2,1-3H3. The van der Waals surface area contributed by atoms with Crippen LogP contribution in [0.4, 0.5) is 22.0 Å². The van der Waals surface area contributed by atoms with Crippen molar-refractivity contribution in [3.63, 3.8) is 0 Å². The van der Waals surface area contributed by atoms with Crippen molar-refractivity contribution in [2.45, 2.75) is 52.5 Å². The fraction of sp³-hybridized carbons (Fsp3) is 0.282. The molecule has 5 aromatic rings. The topological polar surface area (TPSA) is 45.6 Å². The molecule has 0 saturated heterocycles. The van der Waals surface area contributed by atoms with Gasteiger partial charge in [-0.2, -0.15) is 13.2 Å². The third-order valence-electron chi connectivity index (χ3n) is 8.88. The minimum absolute atomic E-state index is 0.0907. The predicted molar refractivity (Wildman–Crippen MR) is 182 cm³/mol. The lowest BCUT2D eigenvalue weighted by Crippen LogP contribution is -2.31. The van der Waals surface area contributed by atoms with E-state index in [4.69, 9.17) is 0 Å². The Labute approximate surface area is 282 Å². The van der Waals surface area contributed by atoms with E-state index in [9.17, 15) is 31.5 Å². The average Bonchev–Trinajstić information content (AvgIpc) is 3.09. The van der Waals surface area contributed by atoms with Crippen molar-refractivity contribution in [1.29, 1.82) is 0 Å². The Bertz CT molecular complexity index is 1980. The summed E-state index contributed by atoms with van der Waals surface area (Å²) in [5.74, 6) is -2.11. The van der Waals surface area contributed by atoms with E-state index in [1.54, 1.807) is 34.7 Å². The van der Waals surface area contributed by atoms with Crippen molar-refractivity contribution in [2.75, 3.05) is 20.1 Å². The molecule has 4 aromatic carbocycles. The maximum atomic E-state index is 14.5. The third kappa shape index (κ3) is 8.43. The van der Waals surface area contributed by atoms with Gasteiger partial charge in [0.15, 0.2) is 17.1 Å². The molecule has 0 spiro atoms. The number of aromatic nitrogens is 1. The number of aryl methyl sites for hydroxylation is 2. The van der Waals surface area contributed by atoms with Crippen molar-refractivity contribution in [1.82, 2.24) is 14.4 Å². The van der Waals surface area contributed by atoms with Gasteiger partial charge in [0.1, 0.15) is 6.54 Å². The highest BCUT2D eigenvalue weighted by Crippen LogP contribution is 2.31. The van der Waals surface area contributed by atoms with Crippen LogP contribution in [-0.4, -0.2) is 40.4 Å². The number of likely N-dealkylation sites (N-methyl/N-ethyl adjacent to an activating group) is 1. The zero-order valence-electron chi connectivity index (χ0n) is 27.7. The van der Waals surface area contributed by atoms with Crippen LogP contribution in [0.25, 0.3) is 22.0 Å². The van der Waals surface area contributed by atoms with Crippen LogP contribution in [0.5, 0.6) is 0 Å². The van der Waals surface area contributed by atoms with Gasteiger partial charge >= 0.3 is 6.18 Å². The largest absolute Gasteiger partial charge is 0.416 e. The molecular formula is C39H38F5N3O2. The highest BCUT2D eigenvalue weighted by Gasteiger charge is 2.30. The van der Waals surface area contributed by atoms with Gasteiger partial charge in [-0.3, -0.25) is 14.5 Å². The first kappa shape index (κ1) is 35.5. The Morgan fingerprint density at radius 1 is 0.776 bits per heavy atom. The molecule has 0 N–H and O–H groups in total. The van der Waals surface area contributed by atoms with Gasteiger partial charge in [0.05, 0.1) is 11.1 Å². The van der Waals surface area contributed by atoms with Gasteiger partial charge in [-0.1, -0.05) is 68.4 Å². The van der Waals surface area contributed by atoms with Gasteiger partial charge < -0.3 is 9.47 Å². The molecule has 0 aliphatic heterocycles. The van der Waals surface area contributed by atoms with E-state index >= 15 is 0 Å². The van der Waals surface area contributed by atoms with Crippen LogP contribution in [0, 0.1) is 11.6 Å². The molecule has 0 aliphatic carbocycles. The van der Waals surface area contributed by atoms with Crippen LogP contribution in [0.3, 0.4) is 0 Å². The third-order valence-corrected chi connectivity index (χ3v) is 8.88. The van der Waals surface area contributed by atoms with E-state index in [1.807, 2.05) is 24.3 Å². The monoisotopic (exact) mass is 675 g/mol. The van der Waals surface area contributed by atoms with Crippen molar-refractivity contribution in [2.24, 2.45) is 0 Å². The Morgan fingerprint density at radius 3 is 2.04 bits per heavy atom. The van der Waals surface area contributed by atoms with E-state index < -0.39 is 23.4 Å². The summed E-state index contributed by atoms with van der Waals surface area (Å²) in [5.41, 5.74) is 3.55. The number of hydrogen-bond acceptors (Lipinski definition) is 3. The van der Waals surface area contributed by atoms with Crippen LogP contribution in [-0.2, 0) is 43.4 Å². The minimum atomic E-state index is -4.41. The fourth-order valence-electron chi connectivity index (χ4n) is 5.94. The van der Waals surface area contributed by atoms with Crippen LogP contribution in [0.2, 0.25) is 0 Å². The molecule has 1 amide bonds. The van der Waals surface area contributed by atoms with E-state index in [-0.39, 0.29) is 42.8 Å². The molecule has 49 heavy (non-hydrogen) atoms.